The molecule has 0 rings (SSSR count). The summed E-state index contributed by atoms with van der Waals surface area (Å²) in [6.07, 6.45) is 16.4. The largest absolute Gasteiger partial charge is 0.0991 e. The molecule has 60 valence electrons. The molecule has 0 N–H and O–H groups in total. The maximum atomic E-state index is 3.58. The van der Waals surface area contributed by atoms with Gasteiger partial charge in [-0.3, -0.25) is 0 Å². The molecule has 0 unspecified atom stereocenters. The van der Waals surface area contributed by atoms with E-state index in [9.17, 15) is 0 Å². The predicted octanol–water partition coefficient (Wildman–Crippen LogP) is 3.64. The molecule has 0 aliphatic rings. The Labute approximate surface area is 69.6 Å². The molecule has 0 spiro atoms. The average Bonchev–Trinajstić information content (AvgIpc) is 2.03. The fourth-order valence-electron chi connectivity index (χ4n) is 0.677. The van der Waals surface area contributed by atoms with Crippen molar-refractivity contribution < 1.29 is 0 Å². The minimum absolute atomic E-state index is 1.12. The van der Waals surface area contributed by atoms with Crippen molar-refractivity contribution in [1.82, 2.24) is 0 Å². The molecule has 0 heteroatoms. The van der Waals surface area contributed by atoms with Gasteiger partial charge >= 0.3 is 0 Å². The highest BCUT2D eigenvalue weighted by molar-refractivity contribution is 5.08. The van der Waals surface area contributed by atoms with Gasteiger partial charge in [-0.05, 0) is 19.8 Å². The molecule has 0 aromatic carbocycles. The van der Waals surface area contributed by atoms with E-state index in [0.717, 1.165) is 12.8 Å². The van der Waals surface area contributed by atoms with Crippen LogP contribution in [0, 0.1) is 0 Å². The van der Waals surface area contributed by atoms with Crippen LogP contribution in [0.25, 0.3) is 0 Å². The Morgan fingerprint density at radius 3 is 2.36 bits per heavy atom. The van der Waals surface area contributed by atoms with E-state index in [4.69, 9.17) is 0 Å². The lowest BCUT2D eigenvalue weighted by Gasteiger charge is -1.82. The van der Waals surface area contributed by atoms with E-state index >= 15 is 0 Å². The lowest BCUT2D eigenvalue weighted by molar-refractivity contribution is 1.05. The highest BCUT2D eigenvalue weighted by Crippen LogP contribution is 1.92. The molecule has 0 saturated carbocycles. The molecule has 11 heavy (non-hydrogen) atoms. The average molecular weight is 148 g/mol. The quantitative estimate of drug-likeness (QED) is 0.317. The summed E-state index contributed by atoms with van der Waals surface area (Å²) in [5.74, 6) is 0. The zero-order chi connectivity index (χ0) is 8.36. The van der Waals surface area contributed by atoms with E-state index in [1.807, 2.05) is 25.2 Å². The summed E-state index contributed by atoms with van der Waals surface area (Å²) in [4.78, 5) is 0. The molecule has 0 saturated heterocycles. The van der Waals surface area contributed by atoms with E-state index < -0.39 is 0 Å². The summed E-state index contributed by atoms with van der Waals surface area (Å²) in [5.41, 5.74) is 0. The molecule has 0 aliphatic heterocycles. The van der Waals surface area contributed by atoms with Crippen LogP contribution in [0.15, 0.2) is 49.1 Å². The van der Waals surface area contributed by atoms with Gasteiger partial charge in [-0.1, -0.05) is 49.1 Å². The number of unbranched alkanes of at least 4 members (excludes halogenated alkanes) is 1. The Balaban J connectivity index is 3.29. The third-order valence-electron chi connectivity index (χ3n) is 1.23. The maximum Gasteiger partial charge on any atom is -0.0313 e. The number of rotatable bonds is 5. The standard InChI is InChI=1S/C11H16/c1-3-5-7-9-11-10-8-6-4-2/h3-7,9,11H,1,8,10H2,2H3/b6-4+,7-5+,11-9+. The Bertz CT molecular complexity index is 159. The Morgan fingerprint density at radius 2 is 1.73 bits per heavy atom. The van der Waals surface area contributed by atoms with E-state index in [0.29, 0.717) is 0 Å². The van der Waals surface area contributed by atoms with Crippen molar-refractivity contribution in [3.8, 4) is 0 Å². The van der Waals surface area contributed by atoms with Gasteiger partial charge in [-0.25, -0.2) is 0 Å². The Hall–Kier alpha value is -1.04. The van der Waals surface area contributed by atoms with Crippen LogP contribution >= 0.6 is 0 Å². The molecule has 0 atom stereocenters. The zero-order valence-corrected chi connectivity index (χ0v) is 7.16. The van der Waals surface area contributed by atoms with Gasteiger partial charge < -0.3 is 0 Å². The smallest absolute Gasteiger partial charge is 0.0313 e. The van der Waals surface area contributed by atoms with Crippen LogP contribution in [0.4, 0.5) is 0 Å². The third kappa shape index (κ3) is 8.96. The highest BCUT2D eigenvalue weighted by Gasteiger charge is 1.72. The van der Waals surface area contributed by atoms with Crippen molar-refractivity contribution in [1.29, 1.82) is 0 Å². The van der Waals surface area contributed by atoms with Gasteiger partial charge in [-0.2, -0.15) is 0 Å². The molecule has 0 bridgehead atoms. The monoisotopic (exact) mass is 148 g/mol. The van der Waals surface area contributed by atoms with E-state index in [1.165, 1.54) is 0 Å². The van der Waals surface area contributed by atoms with Gasteiger partial charge in [0, 0.05) is 0 Å². The summed E-state index contributed by atoms with van der Waals surface area (Å²) < 4.78 is 0. The van der Waals surface area contributed by atoms with Gasteiger partial charge in [0.25, 0.3) is 0 Å². The zero-order valence-electron chi connectivity index (χ0n) is 7.16. The molecule has 0 nitrogen and oxygen atoms in total. The van der Waals surface area contributed by atoms with Crippen LogP contribution < -0.4 is 0 Å². The van der Waals surface area contributed by atoms with Crippen LogP contribution in [-0.4, -0.2) is 0 Å². The van der Waals surface area contributed by atoms with Gasteiger partial charge in [0.1, 0.15) is 0 Å². The van der Waals surface area contributed by atoms with E-state index in [2.05, 4.69) is 24.8 Å². The Morgan fingerprint density at radius 1 is 1.00 bits per heavy atom. The first-order chi connectivity index (χ1) is 5.41. The van der Waals surface area contributed by atoms with Crippen molar-refractivity contribution in [3.05, 3.63) is 49.1 Å². The topological polar surface area (TPSA) is 0 Å². The second-order valence-electron chi connectivity index (χ2n) is 2.20. The van der Waals surface area contributed by atoms with Gasteiger partial charge in [0.2, 0.25) is 0 Å². The number of hydrogen-bond donors (Lipinski definition) is 0. The fourth-order valence-corrected chi connectivity index (χ4v) is 0.677. The first-order valence-electron chi connectivity index (χ1n) is 3.97. The SMILES string of the molecule is C=C/C=C/C=C/CC/C=C/C. The molecule has 0 aromatic heterocycles. The van der Waals surface area contributed by atoms with Crippen LogP contribution in [-0.2, 0) is 0 Å². The van der Waals surface area contributed by atoms with Crippen molar-refractivity contribution in [2.75, 3.05) is 0 Å². The second-order valence-corrected chi connectivity index (χ2v) is 2.20. The second kappa shape index (κ2) is 8.96. The van der Waals surface area contributed by atoms with Crippen LogP contribution in [0.5, 0.6) is 0 Å². The highest BCUT2D eigenvalue weighted by atomic mass is 13.8. The van der Waals surface area contributed by atoms with Crippen molar-refractivity contribution in [3.63, 3.8) is 0 Å². The molecular weight excluding hydrogens is 132 g/mol. The number of hydrogen-bond acceptors (Lipinski definition) is 0. The fraction of sp³-hybridized carbons (Fsp3) is 0.273. The first-order valence-corrected chi connectivity index (χ1v) is 3.97. The normalized spacial score (nSPS) is 12.1. The molecule has 0 aliphatic carbocycles. The summed E-state index contributed by atoms with van der Waals surface area (Å²) in [7, 11) is 0. The lowest BCUT2D eigenvalue weighted by Crippen LogP contribution is -1.62. The van der Waals surface area contributed by atoms with Gasteiger partial charge in [0.15, 0.2) is 0 Å². The van der Waals surface area contributed by atoms with Crippen molar-refractivity contribution in [2.45, 2.75) is 19.8 Å². The summed E-state index contributed by atoms with van der Waals surface area (Å²) >= 11 is 0. The van der Waals surface area contributed by atoms with Crippen molar-refractivity contribution in [2.24, 2.45) is 0 Å². The van der Waals surface area contributed by atoms with E-state index in [-0.39, 0.29) is 0 Å². The minimum atomic E-state index is 1.12. The van der Waals surface area contributed by atoms with Crippen molar-refractivity contribution >= 4 is 0 Å². The molecule has 0 aromatic rings. The minimum Gasteiger partial charge on any atom is -0.0991 e. The third-order valence-corrected chi connectivity index (χ3v) is 1.23. The van der Waals surface area contributed by atoms with Crippen LogP contribution in [0.2, 0.25) is 0 Å². The summed E-state index contributed by atoms with van der Waals surface area (Å²) in [5, 5.41) is 0. The van der Waals surface area contributed by atoms with Gasteiger partial charge in [0.05, 0.1) is 0 Å². The molecule has 0 amide bonds. The molecule has 0 fully saturated rings. The molecular formula is C11H16. The number of allylic oxidation sites excluding steroid dienone is 7. The molecule has 0 heterocycles. The molecule has 0 radical (unpaired) electrons. The van der Waals surface area contributed by atoms with Crippen LogP contribution in [0.1, 0.15) is 19.8 Å². The summed E-state index contributed by atoms with van der Waals surface area (Å²) in [6.45, 7) is 5.62. The first kappa shape index (κ1) is 9.96. The lowest BCUT2D eigenvalue weighted by atomic mass is 10.2. The predicted molar refractivity (Wildman–Crippen MR) is 52.5 cm³/mol. The van der Waals surface area contributed by atoms with Crippen LogP contribution in [0.3, 0.4) is 0 Å². The van der Waals surface area contributed by atoms with Gasteiger partial charge in [-0.15, -0.1) is 0 Å². The summed E-state index contributed by atoms with van der Waals surface area (Å²) in [6, 6.07) is 0. The van der Waals surface area contributed by atoms with E-state index in [1.54, 1.807) is 6.08 Å². The maximum absolute atomic E-state index is 3.58. The Kier molecular flexibility index (Phi) is 8.11.